The van der Waals surface area contributed by atoms with Gasteiger partial charge >= 0.3 is 5.91 Å². The molecule has 0 atom stereocenters. The molecule has 3 heteroatoms. The first-order chi connectivity index (χ1) is 8.48. The van der Waals surface area contributed by atoms with Gasteiger partial charge in [-0.05, 0) is 12.1 Å². The SMILES string of the molecule is CC(C)(C)[n+]1cc[n+](C(=O)c2ccccc2)cc1. The van der Waals surface area contributed by atoms with Crippen LogP contribution in [0.5, 0.6) is 0 Å². The van der Waals surface area contributed by atoms with Crippen LogP contribution in [0.1, 0.15) is 31.1 Å². The number of aromatic nitrogens is 2. The molecule has 3 nitrogen and oxygen atoms in total. The number of benzene rings is 1. The van der Waals surface area contributed by atoms with E-state index < -0.39 is 0 Å². The maximum absolute atomic E-state index is 12.2. The minimum absolute atomic E-state index is 0.0170. The molecule has 0 N–H and O–H groups in total. The van der Waals surface area contributed by atoms with Crippen molar-refractivity contribution in [3.63, 3.8) is 0 Å². The summed E-state index contributed by atoms with van der Waals surface area (Å²) in [6.45, 7) is 6.36. The minimum atomic E-state index is -0.0170. The zero-order chi connectivity index (χ0) is 13.2. The highest BCUT2D eigenvalue weighted by atomic mass is 16.2. The maximum atomic E-state index is 12.2. The Labute approximate surface area is 107 Å². The summed E-state index contributed by atoms with van der Waals surface area (Å²) in [6.07, 6.45) is 7.42. The molecule has 2 rings (SSSR count). The van der Waals surface area contributed by atoms with Crippen LogP contribution in [-0.2, 0) is 5.54 Å². The van der Waals surface area contributed by atoms with E-state index in [-0.39, 0.29) is 11.4 Å². The molecule has 0 saturated carbocycles. The van der Waals surface area contributed by atoms with Gasteiger partial charge in [-0.1, -0.05) is 18.2 Å². The fourth-order valence-corrected chi connectivity index (χ4v) is 1.70. The molecule has 0 bridgehead atoms. The van der Waals surface area contributed by atoms with Gasteiger partial charge in [0.2, 0.25) is 24.8 Å². The van der Waals surface area contributed by atoms with Gasteiger partial charge < -0.3 is 0 Å². The van der Waals surface area contributed by atoms with Crippen LogP contribution >= 0.6 is 0 Å². The quantitative estimate of drug-likeness (QED) is 0.699. The summed E-state index contributed by atoms with van der Waals surface area (Å²) in [4.78, 5) is 12.2. The normalized spacial score (nSPS) is 11.3. The molecule has 0 unspecified atom stereocenters. The van der Waals surface area contributed by atoms with Gasteiger partial charge in [-0.15, -0.1) is 4.57 Å². The summed E-state index contributed by atoms with van der Waals surface area (Å²) in [5.74, 6) is -0.0170. The molecule has 1 heterocycles. The van der Waals surface area contributed by atoms with Crippen LogP contribution in [0, 0.1) is 0 Å². The Bertz CT molecular complexity index is 539. The van der Waals surface area contributed by atoms with E-state index in [0.29, 0.717) is 5.56 Å². The Hall–Kier alpha value is -2.03. The summed E-state index contributed by atoms with van der Waals surface area (Å²) in [7, 11) is 0. The van der Waals surface area contributed by atoms with Crippen molar-refractivity contribution in [3.8, 4) is 0 Å². The van der Waals surface area contributed by atoms with Crippen molar-refractivity contribution in [2.45, 2.75) is 26.3 Å². The van der Waals surface area contributed by atoms with Crippen LogP contribution in [0.15, 0.2) is 55.1 Å². The zero-order valence-corrected chi connectivity index (χ0v) is 11.0. The maximum Gasteiger partial charge on any atom is 0.425 e. The molecule has 0 fully saturated rings. The van der Waals surface area contributed by atoms with Crippen LogP contribution in [0.4, 0.5) is 0 Å². The van der Waals surface area contributed by atoms with E-state index in [0.717, 1.165) is 0 Å². The number of nitrogens with zero attached hydrogens (tertiary/aromatic N) is 2. The molecule has 92 valence electrons. The highest BCUT2D eigenvalue weighted by molar-refractivity contribution is 5.86. The number of carbonyl (C=O) groups excluding carboxylic acids is 1. The molecule has 18 heavy (non-hydrogen) atoms. The zero-order valence-electron chi connectivity index (χ0n) is 11.0. The predicted molar refractivity (Wildman–Crippen MR) is 68.0 cm³/mol. The lowest BCUT2D eigenvalue weighted by Crippen LogP contribution is -2.53. The van der Waals surface area contributed by atoms with Crippen molar-refractivity contribution in [3.05, 3.63) is 60.7 Å². The Morgan fingerprint density at radius 2 is 1.50 bits per heavy atom. The molecule has 2 aromatic rings. The molecule has 0 aliphatic rings. The summed E-state index contributed by atoms with van der Waals surface area (Å²) in [5, 5.41) is 0. The summed E-state index contributed by atoms with van der Waals surface area (Å²) >= 11 is 0. The Morgan fingerprint density at radius 3 is 2.00 bits per heavy atom. The molecule has 1 aromatic heterocycles. The molecule has 1 aromatic carbocycles. The van der Waals surface area contributed by atoms with Gasteiger partial charge in [-0.2, -0.15) is 4.57 Å². The molecule has 0 aliphatic carbocycles. The van der Waals surface area contributed by atoms with Crippen molar-refractivity contribution in [1.82, 2.24) is 0 Å². The lowest BCUT2D eigenvalue weighted by molar-refractivity contribution is -0.768. The van der Waals surface area contributed by atoms with Crippen LogP contribution in [0.25, 0.3) is 0 Å². The standard InChI is InChI=1S/C15H18N2O/c1-15(2,3)17-11-9-16(10-12-17)14(18)13-7-5-4-6-8-13/h4-12H,1-3H3/q+2. The monoisotopic (exact) mass is 242 g/mol. The van der Waals surface area contributed by atoms with Crippen molar-refractivity contribution in [2.24, 2.45) is 0 Å². The largest absolute Gasteiger partial charge is 0.425 e. The predicted octanol–water partition coefficient (Wildman–Crippen LogP) is 1.71. The smallest absolute Gasteiger partial charge is 0.214 e. The second-order valence-corrected chi connectivity index (χ2v) is 5.25. The van der Waals surface area contributed by atoms with Crippen molar-refractivity contribution >= 4 is 5.91 Å². The Kier molecular flexibility index (Phi) is 3.24. The van der Waals surface area contributed by atoms with Crippen LogP contribution < -0.4 is 9.13 Å². The van der Waals surface area contributed by atoms with E-state index in [1.54, 1.807) is 17.0 Å². The highest BCUT2D eigenvalue weighted by Crippen LogP contribution is 2.01. The molecule has 0 radical (unpaired) electrons. The lowest BCUT2D eigenvalue weighted by atomic mass is 10.1. The Morgan fingerprint density at radius 1 is 0.944 bits per heavy atom. The van der Waals surface area contributed by atoms with Gasteiger partial charge in [-0.3, -0.25) is 0 Å². The average Bonchev–Trinajstić information content (AvgIpc) is 2.38. The number of rotatable bonds is 1. The first kappa shape index (κ1) is 12.4. The first-order valence-electron chi connectivity index (χ1n) is 6.01. The number of carbonyl (C=O) groups is 1. The Balaban J connectivity index is 2.28. The molecule has 0 spiro atoms. The molecule has 0 saturated heterocycles. The van der Waals surface area contributed by atoms with Gasteiger partial charge in [0.05, 0.1) is 5.56 Å². The van der Waals surface area contributed by atoms with Crippen LogP contribution in [0.2, 0.25) is 0 Å². The number of hydrogen-bond acceptors (Lipinski definition) is 1. The van der Waals surface area contributed by atoms with Gasteiger partial charge in [0.25, 0.3) is 0 Å². The summed E-state index contributed by atoms with van der Waals surface area (Å²) in [5.41, 5.74) is 0.713. The van der Waals surface area contributed by atoms with Gasteiger partial charge in [-0.25, -0.2) is 4.79 Å². The van der Waals surface area contributed by atoms with Crippen LogP contribution in [0.3, 0.4) is 0 Å². The van der Waals surface area contributed by atoms with E-state index in [4.69, 9.17) is 0 Å². The van der Waals surface area contributed by atoms with E-state index in [9.17, 15) is 4.79 Å². The van der Waals surface area contributed by atoms with E-state index in [2.05, 4.69) is 25.3 Å². The van der Waals surface area contributed by atoms with Crippen LogP contribution in [-0.4, -0.2) is 5.91 Å². The molecular formula is C15H18N2O+2. The molecule has 0 aliphatic heterocycles. The summed E-state index contributed by atoms with van der Waals surface area (Å²) < 4.78 is 3.67. The second-order valence-electron chi connectivity index (χ2n) is 5.25. The molecular weight excluding hydrogens is 224 g/mol. The highest BCUT2D eigenvalue weighted by Gasteiger charge is 2.24. The number of hydrogen-bond donors (Lipinski definition) is 0. The van der Waals surface area contributed by atoms with Crippen molar-refractivity contribution in [1.29, 1.82) is 0 Å². The minimum Gasteiger partial charge on any atom is -0.214 e. The fraction of sp³-hybridized carbons (Fsp3) is 0.267. The van der Waals surface area contributed by atoms with E-state index in [1.807, 2.05) is 42.7 Å². The fourth-order valence-electron chi connectivity index (χ4n) is 1.70. The molecule has 0 amide bonds. The average molecular weight is 242 g/mol. The second kappa shape index (κ2) is 4.69. The third-order valence-corrected chi connectivity index (χ3v) is 2.81. The third kappa shape index (κ3) is 2.62. The van der Waals surface area contributed by atoms with Gasteiger partial charge in [0, 0.05) is 20.8 Å². The van der Waals surface area contributed by atoms with Gasteiger partial charge in [0.15, 0.2) is 5.54 Å². The van der Waals surface area contributed by atoms with E-state index >= 15 is 0 Å². The van der Waals surface area contributed by atoms with Crippen molar-refractivity contribution in [2.75, 3.05) is 0 Å². The third-order valence-electron chi connectivity index (χ3n) is 2.81. The van der Waals surface area contributed by atoms with Gasteiger partial charge in [0.1, 0.15) is 0 Å². The topological polar surface area (TPSA) is 24.8 Å². The van der Waals surface area contributed by atoms with E-state index in [1.165, 1.54) is 0 Å². The lowest BCUT2D eigenvalue weighted by Gasteiger charge is -2.10. The first-order valence-corrected chi connectivity index (χ1v) is 6.01. The summed E-state index contributed by atoms with van der Waals surface area (Å²) in [6, 6.07) is 9.28. The van der Waals surface area contributed by atoms with Crippen molar-refractivity contribution < 1.29 is 13.9 Å².